The first-order valence-electron chi connectivity index (χ1n) is 9.27. The number of carbonyl (C=O) groups is 1. The van der Waals surface area contributed by atoms with Gasteiger partial charge in [0.2, 0.25) is 5.91 Å². The van der Waals surface area contributed by atoms with Crippen LogP contribution in [0.4, 0.5) is 5.69 Å². The Morgan fingerprint density at radius 2 is 1.89 bits per heavy atom. The zero-order chi connectivity index (χ0) is 18.6. The third-order valence-electron chi connectivity index (χ3n) is 5.10. The molecule has 1 fully saturated rings. The summed E-state index contributed by atoms with van der Waals surface area (Å²) in [5.74, 6) is 0.201. The van der Waals surface area contributed by atoms with Crippen LogP contribution in [0.3, 0.4) is 0 Å². The standard InChI is InChI=1S/C21H24N4OS/c1-23(18-5-3-2-4-6-18)15-21(26)25-11-9-24(10-12-25)14-17-7-8-19-20(13-17)27-16-22-19/h2-8,13,16H,9-12,14-15H2,1H3. The van der Waals surface area contributed by atoms with Crippen molar-refractivity contribution < 1.29 is 4.79 Å². The molecule has 0 aliphatic carbocycles. The summed E-state index contributed by atoms with van der Waals surface area (Å²) >= 11 is 1.68. The van der Waals surface area contributed by atoms with Gasteiger partial charge in [0.05, 0.1) is 22.3 Å². The summed E-state index contributed by atoms with van der Waals surface area (Å²) in [6, 6.07) is 16.5. The van der Waals surface area contributed by atoms with Crippen LogP contribution in [0, 0.1) is 0 Å². The van der Waals surface area contributed by atoms with Crippen molar-refractivity contribution in [3.05, 3.63) is 59.6 Å². The summed E-state index contributed by atoms with van der Waals surface area (Å²) in [7, 11) is 1.97. The lowest BCUT2D eigenvalue weighted by atomic mass is 10.2. The number of hydrogen-bond donors (Lipinski definition) is 0. The van der Waals surface area contributed by atoms with Gasteiger partial charge in [-0.15, -0.1) is 11.3 Å². The SMILES string of the molecule is CN(CC(=O)N1CCN(Cc2ccc3ncsc3c2)CC1)c1ccccc1. The fourth-order valence-corrected chi connectivity index (χ4v) is 4.23. The summed E-state index contributed by atoms with van der Waals surface area (Å²) in [6.07, 6.45) is 0. The molecule has 0 spiro atoms. The number of aromatic nitrogens is 1. The van der Waals surface area contributed by atoms with Crippen molar-refractivity contribution in [2.45, 2.75) is 6.54 Å². The van der Waals surface area contributed by atoms with Gasteiger partial charge in [-0.1, -0.05) is 24.3 Å². The molecular formula is C21H24N4OS. The molecular weight excluding hydrogens is 356 g/mol. The number of carbonyl (C=O) groups excluding carboxylic acids is 1. The predicted octanol–water partition coefficient (Wildman–Crippen LogP) is 3.08. The van der Waals surface area contributed by atoms with Crippen LogP contribution in [-0.4, -0.2) is 60.5 Å². The van der Waals surface area contributed by atoms with Crippen LogP contribution in [0.1, 0.15) is 5.56 Å². The molecule has 27 heavy (non-hydrogen) atoms. The van der Waals surface area contributed by atoms with Gasteiger partial charge >= 0.3 is 0 Å². The van der Waals surface area contributed by atoms with E-state index in [0.29, 0.717) is 6.54 Å². The normalized spacial score (nSPS) is 15.2. The molecule has 5 nitrogen and oxygen atoms in total. The van der Waals surface area contributed by atoms with Gasteiger partial charge in [0, 0.05) is 45.5 Å². The summed E-state index contributed by atoms with van der Waals surface area (Å²) in [5, 5.41) is 0. The molecule has 1 aliphatic rings. The second kappa shape index (κ2) is 8.06. The van der Waals surface area contributed by atoms with E-state index in [1.54, 1.807) is 11.3 Å². The van der Waals surface area contributed by atoms with E-state index in [2.05, 4.69) is 28.1 Å². The topological polar surface area (TPSA) is 39.7 Å². The Balaban J connectivity index is 1.28. The fourth-order valence-electron chi connectivity index (χ4n) is 3.49. The first-order valence-corrected chi connectivity index (χ1v) is 10.2. The van der Waals surface area contributed by atoms with Crippen LogP contribution < -0.4 is 4.90 Å². The lowest BCUT2D eigenvalue weighted by Gasteiger charge is -2.35. The number of fused-ring (bicyclic) bond motifs is 1. The van der Waals surface area contributed by atoms with Crippen molar-refractivity contribution in [1.29, 1.82) is 0 Å². The van der Waals surface area contributed by atoms with Crippen molar-refractivity contribution in [2.75, 3.05) is 44.7 Å². The average Bonchev–Trinajstić information content (AvgIpc) is 3.17. The number of piperazine rings is 1. The molecule has 1 aromatic heterocycles. The van der Waals surface area contributed by atoms with Gasteiger partial charge in [-0.25, -0.2) is 4.98 Å². The number of likely N-dealkylation sites (N-methyl/N-ethyl adjacent to an activating group) is 1. The van der Waals surface area contributed by atoms with E-state index >= 15 is 0 Å². The van der Waals surface area contributed by atoms with Crippen molar-refractivity contribution in [3.63, 3.8) is 0 Å². The number of hydrogen-bond acceptors (Lipinski definition) is 5. The highest BCUT2D eigenvalue weighted by Crippen LogP contribution is 2.20. The number of rotatable bonds is 5. The average molecular weight is 381 g/mol. The van der Waals surface area contributed by atoms with Gasteiger partial charge in [0.1, 0.15) is 0 Å². The molecule has 6 heteroatoms. The Morgan fingerprint density at radius 3 is 2.67 bits per heavy atom. The molecule has 2 aromatic carbocycles. The summed E-state index contributed by atoms with van der Waals surface area (Å²) in [6.45, 7) is 4.78. The number of thiazole rings is 1. The Kier molecular flexibility index (Phi) is 5.36. The Bertz CT molecular complexity index is 903. The van der Waals surface area contributed by atoms with Gasteiger partial charge in [-0.05, 0) is 29.8 Å². The van der Waals surface area contributed by atoms with Crippen LogP contribution in [0.25, 0.3) is 10.2 Å². The van der Waals surface area contributed by atoms with Crippen LogP contribution >= 0.6 is 11.3 Å². The number of benzene rings is 2. The zero-order valence-electron chi connectivity index (χ0n) is 15.5. The van der Waals surface area contributed by atoms with Crippen molar-refractivity contribution in [2.24, 2.45) is 0 Å². The number of amides is 1. The maximum absolute atomic E-state index is 12.6. The molecule has 1 amide bonds. The highest BCUT2D eigenvalue weighted by molar-refractivity contribution is 7.16. The molecule has 0 radical (unpaired) electrons. The van der Waals surface area contributed by atoms with E-state index < -0.39 is 0 Å². The fraction of sp³-hybridized carbons (Fsp3) is 0.333. The molecule has 1 aliphatic heterocycles. The van der Waals surface area contributed by atoms with Gasteiger partial charge in [0.25, 0.3) is 0 Å². The summed E-state index contributed by atoms with van der Waals surface area (Å²) in [4.78, 5) is 23.4. The molecule has 1 saturated heterocycles. The van der Waals surface area contributed by atoms with Crippen LogP contribution in [-0.2, 0) is 11.3 Å². The maximum atomic E-state index is 12.6. The summed E-state index contributed by atoms with van der Waals surface area (Å²) < 4.78 is 1.24. The molecule has 4 rings (SSSR count). The lowest BCUT2D eigenvalue weighted by Crippen LogP contribution is -2.50. The molecule has 0 N–H and O–H groups in total. The van der Waals surface area contributed by atoms with E-state index in [4.69, 9.17) is 0 Å². The molecule has 3 aromatic rings. The summed E-state index contributed by atoms with van der Waals surface area (Å²) in [5.41, 5.74) is 5.35. The van der Waals surface area contributed by atoms with E-state index in [1.807, 2.05) is 52.7 Å². The van der Waals surface area contributed by atoms with E-state index in [9.17, 15) is 4.79 Å². The Hall–Kier alpha value is -2.44. The smallest absolute Gasteiger partial charge is 0.242 e. The minimum Gasteiger partial charge on any atom is -0.365 e. The quantitative estimate of drug-likeness (QED) is 0.682. The zero-order valence-corrected chi connectivity index (χ0v) is 16.4. The van der Waals surface area contributed by atoms with Crippen LogP contribution in [0.5, 0.6) is 0 Å². The van der Waals surface area contributed by atoms with E-state index in [1.165, 1.54) is 10.3 Å². The van der Waals surface area contributed by atoms with Crippen molar-refractivity contribution in [1.82, 2.24) is 14.8 Å². The molecule has 0 bridgehead atoms. The Morgan fingerprint density at radius 1 is 1.11 bits per heavy atom. The molecule has 0 atom stereocenters. The van der Waals surface area contributed by atoms with Gasteiger partial charge in [0.15, 0.2) is 0 Å². The maximum Gasteiger partial charge on any atom is 0.242 e. The monoisotopic (exact) mass is 380 g/mol. The number of nitrogens with zero attached hydrogens (tertiary/aromatic N) is 4. The molecule has 140 valence electrons. The first-order chi connectivity index (χ1) is 13.2. The largest absolute Gasteiger partial charge is 0.365 e. The minimum absolute atomic E-state index is 0.201. The van der Waals surface area contributed by atoms with Crippen LogP contribution in [0.2, 0.25) is 0 Å². The Labute approximate surface area is 163 Å². The van der Waals surface area contributed by atoms with Gasteiger partial charge in [-0.3, -0.25) is 9.69 Å². The van der Waals surface area contributed by atoms with Crippen molar-refractivity contribution in [3.8, 4) is 0 Å². The minimum atomic E-state index is 0.201. The molecule has 2 heterocycles. The highest BCUT2D eigenvalue weighted by Gasteiger charge is 2.22. The molecule has 0 unspecified atom stereocenters. The highest BCUT2D eigenvalue weighted by atomic mass is 32.1. The lowest BCUT2D eigenvalue weighted by molar-refractivity contribution is -0.131. The molecule has 0 saturated carbocycles. The van der Waals surface area contributed by atoms with Crippen LogP contribution in [0.15, 0.2) is 54.0 Å². The van der Waals surface area contributed by atoms with Crippen molar-refractivity contribution >= 4 is 33.1 Å². The third kappa shape index (κ3) is 4.28. The third-order valence-corrected chi connectivity index (χ3v) is 5.89. The van der Waals surface area contributed by atoms with Gasteiger partial charge in [-0.2, -0.15) is 0 Å². The number of para-hydroxylation sites is 1. The van der Waals surface area contributed by atoms with E-state index in [0.717, 1.165) is 43.9 Å². The van der Waals surface area contributed by atoms with Gasteiger partial charge < -0.3 is 9.80 Å². The second-order valence-electron chi connectivity index (χ2n) is 7.00. The number of anilines is 1. The predicted molar refractivity (Wildman–Crippen MR) is 111 cm³/mol. The van der Waals surface area contributed by atoms with E-state index in [-0.39, 0.29) is 5.91 Å². The second-order valence-corrected chi connectivity index (χ2v) is 7.89. The first kappa shape index (κ1) is 17.9.